The van der Waals surface area contributed by atoms with Gasteiger partial charge in [-0.25, -0.2) is 0 Å². The predicted octanol–water partition coefficient (Wildman–Crippen LogP) is 0.646. The molecule has 0 saturated carbocycles. The highest BCUT2D eigenvalue weighted by Gasteiger charge is 2.15. The Hall–Kier alpha value is -0.420. The van der Waals surface area contributed by atoms with Gasteiger partial charge in [-0.05, 0) is 27.2 Å². The Kier molecular flexibility index (Phi) is 7.58. The maximum atomic E-state index is 11.6. The Morgan fingerprint density at radius 3 is 2.31 bits per heavy atom. The molecule has 2 N–H and O–H groups in total. The SMILES string of the molecule is CCC(C)NC(=O)C(C)NCC(C)S(C)=O. The second kappa shape index (κ2) is 7.79. The Morgan fingerprint density at radius 1 is 1.31 bits per heavy atom. The van der Waals surface area contributed by atoms with Crippen LogP contribution in [0.2, 0.25) is 0 Å². The minimum absolute atomic E-state index is 0.00318. The van der Waals surface area contributed by atoms with E-state index >= 15 is 0 Å². The molecule has 0 spiro atoms. The van der Waals surface area contributed by atoms with Crippen LogP contribution in [0, 0.1) is 0 Å². The van der Waals surface area contributed by atoms with E-state index in [1.165, 1.54) is 0 Å². The third-order valence-electron chi connectivity index (χ3n) is 2.67. The number of hydrogen-bond donors (Lipinski definition) is 2. The molecule has 4 atom stereocenters. The van der Waals surface area contributed by atoms with Gasteiger partial charge in [0.2, 0.25) is 5.91 Å². The first-order chi connectivity index (χ1) is 7.38. The van der Waals surface area contributed by atoms with E-state index in [0.717, 1.165) is 6.42 Å². The summed E-state index contributed by atoms with van der Waals surface area (Å²) < 4.78 is 11.1. The second-order valence-electron chi connectivity index (χ2n) is 4.26. The van der Waals surface area contributed by atoms with Crippen molar-refractivity contribution in [2.24, 2.45) is 0 Å². The van der Waals surface area contributed by atoms with Gasteiger partial charge in [-0.15, -0.1) is 0 Å². The average molecular weight is 248 g/mol. The summed E-state index contributed by atoms with van der Waals surface area (Å²) in [5, 5.41) is 6.06. The van der Waals surface area contributed by atoms with E-state index in [4.69, 9.17) is 0 Å². The van der Waals surface area contributed by atoms with Gasteiger partial charge in [-0.3, -0.25) is 9.00 Å². The van der Waals surface area contributed by atoms with Gasteiger partial charge < -0.3 is 10.6 Å². The summed E-state index contributed by atoms with van der Waals surface area (Å²) in [5.41, 5.74) is 0. The van der Waals surface area contributed by atoms with Crippen molar-refractivity contribution in [1.82, 2.24) is 10.6 Å². The van der Waals surface area contributed by atoms with E-state index < -0.39 is 10.8 Å². The smallest absolute Gasteiger partial charge is 0.237 e. The third kappa shape index (κ3) is 6.23. The highest BCUT2D eigenvalue weighted by Crippen LogP contribution is 1.93. The van der Waals surface area contributed by atoms with E-state index in [1.54, 1.807) is 6.26 Å². The predicted molar refractivity (Wildman–Crippen MR) is 68.9 cm³/mol. The zero-order valence-corrected chi connectivity index (χ0v) is 11.7. The van der Waals surface area contributed by atoms with Gasteiger partial charge in [0.1, 0.15) is 0 Å². The van der Waals surface area contributed by atoms with Crippen LogP contribution < -0.4 is 10.6 Å². The molecule has 16 heavy (non-hydrogen) atoms. The number of hydrogen-bond acceptors (Lipinski definition) is 3. The van der Waals surface area contributed by atoms with Crippen molar-refractivity contribution >= 4 is 16.7 Å². The highest BCUT2D eigenvalue weighted by atomic mass is 32.2. The lowest BCUT2D eigenvalue weighted by Gasteiger charge is -2.18. The molecule has 0 aliphatic rings. The molecule has 1 amide bonds. The summed E-state index contributed by atoms with van der Waals surface area (Å²) >= 11 is 0. The molecular formula is C11H24N2O2S. The number of carbonyl (C=O) groups is 1. The standard InChI is InChI=1S/C11H24N2O2S/c1-6-8(2)13-11(14)10(4)12-7-9(3)16(5)15/h8-10,12H,6-7H2,1-5H3,(H,13,14). The fraction of sp³-hybridized carbons (Fsp3) is 0.909. The molecule has 4 nitrogen and oxygen atoms in total. The van der Waals surface area contributed by atoms with Crippen LogP contribution in [0.4, 0.5) is 0 Å². The van der Waals surface area contributed by atoms with Gasteiger partial charge >= 0.3 is 0 Å². The Labute approximate surface area is 101 Å². The molecule has 5 heteroatoms. The number of carbonyl (C=O) groups excluding carboxylic acids is 1. The maximum absolute atomic E-state index is 11.6. The molecule has 4 unspecified atom stereocenters. The quantitative estimate of drug-likeness (QED) is 0.695. The zero-order chi connectivity index (χ0) is 12.7. The van der Waals surface area contributed by atoms with Crippen molar-refractivity contribution < 1.29 is 9.00 Å². The first-order valence-corrected chi connectivity index (χ1v) is 7.36. The van der Waals surface area contributed by atoms with Crippen molar-refractivity contribution in [3.8, 4) is 0 Å². The van der Waals surface area contributed by atoms with E-state index in [0.29, 0.717) is 6.54 Å². The van der Waals surface area contributed by atoms with E-state index in [2.05, 4.69) is 10.6 Å². The monoisotopic (exact) mass is 248 g/mol. The fourth-order valence-corrected chi connectivity index (χ4v) is 1.35. The lowest BCUT2D eigenvalue weighted by Crippen LogP contribution is -2.47. The van der Waals surface area contributed by atoms with Crippen molar-refractivity contribution in [2.45, 2.75) is 51.4 Å². The van der Waals surface area contributed by atoms with E-state index in [9.17, 15) is 9.00 Å². The van der Waals surface area contributed by atoms with Crippen LogP contribution in [0.15, 0.2) is 0 Å². The Balaban J connectivity index is 3.92. The van der Waals surface area contributed by atoms with E-state index in [1.807, 2.05) is 27.7 Å². The van der Waals surface area contributed by atoms with Crippen LogP contribution in [-0.4, -0.2) is 40.3 Å². The molecular weight excluding hydrogens is 224 g/mol. The molecule has 0 rings (SSSR count). The molecule has 0 aromatic rings. The molecule has 0 saturated heterocycles. The molecule has 0 heterocycles. The topological polar surface area (TPSA) is 58.2 Å². The van der Waals surface area contributed by atoms with Crippen molar-refractivity contribution in [2.75, 3.05) is 12.8 Å². The molecule has 0 aromatic heterocycles. The summed E-state index contributed by atoms with van der Waals surface area (Å²) in [6, 6.07) is -0.0329. The first kappa shape index (κ1) is 15.6. The number of amides is 1. The van der Waals surface area contributed by atoms with Crippen LogP contribution >= 0.6 is 0 Å². The molecule has 0 aromatic carbocycles. The van der Waals surface area contributed by atoms with Crippen molar-refractivity contribution in [3.63, 3.8) is 0 Å². The summed E-state index contributed by atoms with van der Waals surface area (Å²) in [6.07, 6.45) is 2.60. The van der Waals surface area contributed by atoms with Crippen molar-refractivity contribution in [3.05, 3.63) is 0 Å². The minimum atomic E-state index is -0.847. The lowest BCUT2D eigenvalue weighted by atomic mass is 10.2. The number of rotatable bonds is 7. The zero-order valence-electron chi connectivity index (χ0n) is 10.9. The van der Waals surface area contributed by atoms with Crippen LogP contribution in [0.1, 0.15) is 34.1 Å². The van der Waals surface area contributed by atoms with Crippen LogP contribution in [0.25, 0.3) is 0 Å². The van der Waals surface area contributed by atoms with Gasteiger partial charge in [-0.2, -0.15) is 0 Å². The van der Waals surface area contributed by atoms with Gasteiger partial charge in [0.05, 0.1) is 6.04 Å². The average Bonchev–Trinajstić information content (AvgIpc) is 2.24. The third-order valence-corrected chi connectivity index (χ3v) is 3.97. The largest absolute Gasteiger partial charge is 0.352 e. The summed E-state index contributed by atoms with van der Waals surface area (Å²) in [7, 11) is -0.847. The van der Waals surface area contributed by atoms with Crippen LogP contribution in [0.3, 0.4) is 0 Å². The summed E-state index contributed by atoms with van der Waals surface area (Å²) in [6.45, 7) is 8.34. The summed E-state index contributed by atoms with van der Waals surface area (Å²) in [5.74, 6) is 0.00318. The minimum Gasteiger partial charge on any atom is -0.352 e. The summed E-state index contributed by atoms with van der Waals surface area (Å²) in [4.78, 5) is 11.6. The van der Waals surface area contributed by atoms with E-state index in [-0.39, 0.29) is 23.2 Å². The van der Waals surface area contributed by atoms with Gasteiger partial charge in [0, 0.05) is 34.9 Å². The van der Waals surface area contributed by atoms with Crippen LogP contribution in [-0.2, 0) is 15.6 Å². The second-order valence-corrected chi connectivity index (χ2v) is 6.06. The molecule has 96 valence electrons. The van der Waals surface area contributed by atoms with Crippen molar-refractivity contribution in [1.29, 1.82) is 0 Å². The first-order valence-electron chi connectivity index (χ1n) is 5.74. The fourth-order valence-electron chi connectivity index (χ4n) is 1.02. The molecule has 0 aliphatic heterocycles. The van der Waals surface area contributed by atoms with Gasteiger partial charge in [0.15, 0.2) is 0 Å². The normalized spacial score (nSPS) is 18.6. The van der Waals surface area contributed by atoms with Gasteiger partial charge in [0.25, 0.3) is 0 Å². The number of nitrogens with one attached hydrogen (secondary N) is 2. The molecule has 0 aliphatic carbocycles. The maximum Gasteiger partial charge on any atom is 0.237 e. The van der Waals surface area contributed by atoms with Crippen LogP contribution in [0.5, 0.6) is 0 Å². The van der Waals surface area contributed by atoms with Gasteiger partial charge in [-0.1, -0.05) is 6.92 Å². The lowest BCUT2D eigenvalue weighted by molar-refractivity contribution is -0.123. The molecule has 0 radical (unpaired) electrons. The Morgan fingerprint density at radius 2 is 1.88 bits per heavy atom. The Bertz CT molecular complexity index is 246. The highest BCUT2D eigenvalue weighted by molar-refractivity contribution is 7.84. The molecule has 0 fully saturated rings. The molecule has 0 bridgehead atoms.